The molecule has 0 aromatic carbocycles. The number of hydrogen-bond acceptors (Lipinski definition) is 3. The second-order valence-corrected chi connectivity index (χ2v) is 5.77. The Morgan fingerprint density at radius 1 is 1.20 bits per heavy atom. The van der Waals surface area contributed by atoms with Crippen LogP contribution < -0.4 is 5.32 Å². The summed E-state index contributed by atoms with van der Waals surface area (Å²) in [6.07, 6.45) is 0.312. The van der Waals surface area contributed by atoms with Gasteiger partial charge in [0.25, 0.3) is 0 Å². The maximum atomic E-state index is 12.2. The lowest BCUT2D eigenvalue weighted by Gasteiger charge is -2.34. The van der Waals surface area contributed by atoms with Gasteiger partial charge in [-0.05, 0) is 32.6 Å². The van der Waals surface area contributed by atoms with Gasteiger partial charge < -0.3 is 4.74 Å². The zero-order valence-corrected chi connectivity index (χ0v) is 12.2. The number of carbonyl (C=O) groups excluding carboxylic acids is 1. The van der Waals surface area contributed by atoms with E-state index in [4.69, 9.17) is 4.74 Å². The first-order valence-corrected chi connectivity index (χ1v) is 7.20. The Labute approximate surface area is 118 Å². The first-order chi connectivity index (χ1) is 9.27. The summed E-state index contributed by atoms with van der Waals surface area (Å²) < 4.78 is 41.5. The van der Waals surface area contributed by atoms with Crippen molar-refractivity contribution < 1.29 is 22.7 Å². The summed E-state index contributed by atoms with van der Waals surface area (Å²) in [5, 5.41) is 3.23. The normalized spacial score (nSPS) is 20.4. The Morgan fingerprint density at radius 2 is 1.80 bits per heavy atom. The van der Waals surface area contributed by atoms with Gasteiger partial charge in [-0.1, -0.05) is 19.3 Å². The number of esters is 1. The third-order valence-corrected chi connectivity index (χ3v) is 3.90. The fraction of sp³-hybridized carbons (Fsp3) is 0.929. The molecule has 3 nitrogen and oxygen atoms in total. The van der Waals surface area contributed by atoms with Gasteiger partial charge in [0.1, 0.15) is 5.54 Å². The molecule has 118 valence electrons. The molecular weight excluding hydrogens is 271 g/mol. The number of hydrogen-bond donors (Lipinski definition) is 1. The summed E-state index contributed by atoms with van der Waals surface area (Å²) in [4.78, 5) is 11.9. The summed E-state index contributed by atoms with van der Waals surface area (Å²) in [6.45, 7) is 1.64. The highest BCUT2D eigenvalue weighted by molar-refractivity contribution is 5.80. The second-order valence-electron chi connectivity index (χ2n) is 5.77. The number of rotatable bonds is 6. The molecule has 1 N–H and O–H groups in total. The average Bonchev–Trinajstić information content (AvgIpc) is 2.37. The van der Waals surface area contributed by atoms with Gasteiger partial charge >= 0.3 is 12.1 Å². The molecule has 0 spiro atoms. The van der Waals surface area contributed by atoms with E-state index in [1.54, 1.807) is 6.92 Å². The van der Waals surface area contributed by atoms with Gasteiger partial charge in [0.2, 0.25) is 0 Å². The monoisotopic (exact) mass is 295 g/mol. The van der Waals surface area contributed by atoms with Crippen LogP contribution in [0.2, 0.25) is 0 Å². The second kappa shape index (κ2) is 7.29. The number of alkyl halides is 3. The minimum absolute atomic E-state index is 0.0746. The molecule has 0 bridgehead atoms. The standard InChI is InChI=1S/C14H24F3NO2/c1-13(12(19)20-2,9-6-10-14(15,16)17)18-11-7-4-3-5-8-11/h11,18H,3-10H2,1-2H3. The van der Waals surface area contributed by atoms with Gasteiger partial charge in [0.05, 0.1) is 7.11 Å². The van der Waals surface area contributed by atoms with Crippen LogP contribution >= 0.6 is 0 Å². The van der Waals surface area contributed by atoms with E-state index in [0.29, 0.717) is 0 Å². The van der Waals surface area contributed by atoms with Crippen LogP contribution in [0.1, 0.15) is 58.3 Å². The first-order valence-electron chi connectivity index (χ1n) is 7.20. The van der Waals surface area contributed by atoms with Crippen molar-refractivity contribution in [3.8, 4) is 0 Å². The summed E-state index contributed by atoms with van der Waals surface area (Å²) in [7, 11) is 1.27. The Kier molecular flexibility index (Phi) is 6.30. The molecule has 0 aliphatic heterocycles. The highest BCUT2D eigenvalue weighted by atomic mass is 19.4. The molecule has 0 heterocycles. The van der Waals surface area contributed by atoms with E-state index in [1.807, 2.05) is 0 Å². The Balaban J connectivity index is 2.58. The van der Waals surface area contributed by atoms with Crippen LogP contribution in [-0.2, 0) is 9.53 Å². The number of ether oxygens (including phenoxy) is 1. The molecule has 1 unspecified atom stereocenters. The minimum Gasteiger partial charge on any atom is -0.468 e. The van der Waals surface area contributed by atoms with Crippen LogP contribution in [0.5, 0.6) is 0 Å². The van der Waals surface area contributed by atoms with E-state index < -0.39 is 24.1 Å². The molecule has 1 rings (SSSR count). The molecule has 0 radical (unpaired) electrons. The van der Waals surface area contributed by atoms with Gasteiger partial charge in [0, 0.05) is 12.5 Å². The molecular formula is C14H24F3NO2. The lowest BCUT2D eigenvalue weighted by Crippen LogP contribution is -2.54. The van der Waals surface area contributed by atoms with E-state index >= 15 is 0 Å². The van der Waals surface area contributed by atoms with E-state index in [0.717, 1.165) is 25.7 Å². The van der Waals surface area contributed by atoms with Crippen molar-refractivity contribution in [1.29, 1.82) is 0 Å². The maximum Gasteiger partial charge on any atom is 0.389 e. The van der Waals surface area contributed by atoms with Gasteiger partial charge in [-0.3, -0.25) is 10.1 Å². The van der Waals surface area contributed by atoms with E-state index in [-0.39, 0.29) is 18.9 Å². The van der Waals surface area contributed by atoms with Gasteiger partial charge in [0.15, 0.2) is 0 Å². The zero-order chi connectivity index (χ0) is 15.2. The largest absolute Gasteiger partial charge is 0.468 e. The molecule has 20 heavy (non-hydrogen) atoms. The molecule has 1 atom stereocenters. The fourth-order valence-electron chi connectivity index (χ4n) is 2.80. The summed E-state index contributed by atoms with van der Waals surface area (Å²) in [6, 6.07) is 0.193. The van der Waals surface area contributed by atoms with Crippen LogP contribution in [0.4, 0.5) is 13.2 Å². The van der Waals surface area contributed by atoms with Crippen molar-refractivity contribution >= 4 is 5.97 Å². The molecule has 1 aliphatic rings. The fourth-order valence-corrected chi connectivity index (χ4v) is 2.80. The van der Waals surface area contributed by atoms with Gasteiger partial charge in [-0.2, -0.15) is 13.2 Å². The van der Waals surface area contributed by atoms with Crippen molar-refractivity contribution in [2.24, 2.45) is 0 Å². The molecule has 0 saturated heterocycles. The minimum atomic E-state index is -4.18. The topological polar surface area (TPSA) is 38.3 Å². The summed E-state index contributed by atoms with van der Waals surface area (Å²) in [5.74, 6) is -0.481. The Morgan fingerprint density at radius 3 is 2.30 bits per heavy atom. The van der Waals surface area contributed by atoms with E-state index in [2.05, 4.69) is 5.32 Å². The average molecular weight is 295 g/mol. The Hall–Kier alpha value is -0.780. The zero-order valence-electron chi connectivity index (χ0n) is 12.2. The van der Waals surface area contributed by atoms with Crippen LogP contribution in [-0.4, -0.2) is 30.8 Å². The van der Waals surface area contributed by atoms with Crippen LogP contribution in [0.3, 0.4) is 0 Å². The highest BCUT2D eigenvalue weighted by Gasteiger charge is 2.37. The van der Waals surface area contributed by atoms with Crippen LogP contribution in [0, 0.1) is 0 Å². The van der Waals surface area contributed by atoms with Crippen molar-refractivity contribution in [2.45, 2.75) is 76.0 Å². The van der Waals surface area contributed by atoms with Gasteiger partial charge in [-0.15, -0.1) is 0 Å². The lowest BCUT2D eigenvalue weighted by molar-refractivity contribution is -0.151. The molecule has 0 amide bonds. The molecule has 1 fully saturated rings. The third kappa shape index (κ3) is 5.69. The van der Waals surface area contributed by atoms with Crippen molar-refractivity contribution in [3.63, 3.8) is 0 Å². The quantitative estimate of drug-likeness (QED) is 0.761. The Bertz CT molecular complexity index is 314. The van der Waals surface area contributed by atoms with E-state index in [9.17, 15) is 18.0 Å². The first kappa shape index (κ1) is 17.3. The molecule has 0 aromatic heterocycles. The predicted octanol–water partition coefficient (Wildman–Crippen LogP) is 3.57. The number of halogens is 3. The number of carbonyl (C=O) groups is 1. The molecule has 1 aliphatic carbocycles. The van der Waals surface area contributed by atoms with Crippen LogP contribution in [0.15, 0.2) is 0 Å². The SMILES string of the molecule is COC(=O)C(C)(CCCC(F)(F)F)NC1CCCCC1. The van der Waals surface area contributed by atoms with Crippen molar-refractivity contribution in [2.75, 3.05) is 7.11 Å². The van der Waals surface area contributed by atoms with Gasteiger partial charge in [-0.25, -0.2) is 0 Å². The molecule has 6 heteroatoms. The smallest absolute Gasteiger partial charge is 0.389 e. The maximum absolute atomic E-state index is 12.2. The summed E-state index contributed by atoms with van der Waals surface area (Å²) in [5.41, 5.74) is -1.03. The highest BCUT2D eigenvalue weighted by Crippen LogP contribution is 2.27. The molecule has 0 aromatic rings. The van der Waals surface area contributed by atoms with Crippen molar-refractivity contribution in [3.05, 3.63) is 0 Å². The predicted molar refractivity (Wildman–Crippen MR) is 70.3 cm³/mol. The van der Waals surface area contributed by atoms with Crippen molar-refractivity contribution in [1.82, 2.24) is 5.32 Å². The number of methoxy groups -OCH3 is 1. The molecule has 1 saturated carbocycles. The summed E-state index contributed by atoms with van der Waals surface area (Å²) >= 11 is 0. The number of nitrogens with one attached hydrogen (secondary N) is 1. The third-order valence-electron chi connectivity index (χ3n) is 3.90. The van der Waals surface area contributed by atoms with E-state index in [1.165, 1.54) is 13.5 Å². The van der Waals surface area contributed by atoms with Crippen LogP contribution in [0.25, 0.3) is 0 Å². The lowest BCUT2D eigenvalue weighted by atomic mass is 9.89.